The Hall–Kier alpha value is -1.60. The van der Waals surface area contributed by atoms with Gasteiger partial charge in [-0.05, 0) is 44.9 Å². The van der Waals surface area contributed by atoms with Crippen LogP contribution in [0.4, 0.5) is 5.69 Å². The summed E-state index contributed by atoms with van der Waals surface area (Å²) in [7, 11) is 0. The van der Waals surface area contributed by atoms with Gasteiger partial charge in [-0.1, -0.05) is 6.42 Å². The number of thioether (sulfide) groups is 1. The first-order chi connectivity index (χ1) is 11.5. The second-order valence-electron chi connectivity index (χ2n) is 6.51. The number of nitro groups is 1. The van der Waals surface area contributed by atoms with Gasteiger partial charge in [-0.3, -0.25) is 19.8 Å². The summed E-state index contributed by atoms with van der Waals surface area (Å²) in [5.74, 6) is 0.0516. The van der Waals surface area contributed by atoms with Gasteiger partial charge in [0.2, 0.25) is 5.91 Å². The van der Waals surface area contributed by atoms with Crippen LogP contribution in [0.3, 0.4) is 0 Å². The quantitative estimate of drug-likeness (QED) is 0.502. The first-order valence-corrected chi connectivity index (χ1v) is 9.38. The van der Waals surface area contributed by atoms with Crippen LogP contribution in [-0.2, 0) is 4.79 Å². The number of non-ortho nitro benzene ring substituents is 1. The predicted octanol–water partition coefficient (Wildman–Crippen LogP) is 2.82. The zero-order valence-electron chi connectivity index (χ0n) is 13.8. The Kier molecular flexibility index (Phi) is 5.40. The number of nitrogens with zero attached hydrogens (tertiary/aromatic N) is 2. The smallest absolute Gasteiger partial charge is 0.269 e. The highest BCUT2D eigenvalue weighted by molar-refractivity contribution is 8.00. The molecule has 0 bridgehead atoms. The number of fused-ring (bicyclic) bond motifs is 1. The van der Waals surface area contributed by atoms with Crippen molar-refractivity contribution in [3.8, 4) is 0 Å². The van der Waals surface area contributed by atoms with E-state index < -0.39 is 4.92 Å². The fourth-order valence-electron chi connectivity index (χ4n) is 3.62. The molecule has 1 aromatic rings. The molecule has 1 amide bonds. The minimum Gasteiger partial charge on any atom is -0.351 e. The molecule has 3 atom stereocenters. The molecule has 1 N–H and O–H groups in total. The Balaban J connectivity index is 1.54. The molecule has 0 radical (unpaired) electrons. The van der Waals surface area contributed by atoms with E-state index in [1.54, 1.807) is 12.1 Å². The second kappa shape index (κ2) is 7.53. The third kappa shape index (κ3) is 3.89. The van der Waals surface area contributed by atoms with Crippen LogP contribution in [0.2, 0.25) is 0 Å². The predicted molar refractivity (Wildman–Crippen MR) is 94.2 cm³/mol. The van der Waals surface area contributed by atoms with Crippen molar-refractivity contribution < 1.29 is 9.72 Å². The molecule has 1 aromatic carbocycles. The van der Waals surface area contributed by atoms with Crippen molar-refractivity contribution >= 4 is 23.4 Å². The van der Waals surface area contributed by atoms with Crippen LogP contribution in [-0.4, -0.2) is 46.2 Å². The topological polar surface area (TPSA) is 75.5 Å². The number of nitrogens with one attached hydrogen (secondary N) is 1. The minimum atomic E-state index is -0.416. The van der Waals surface area contributed by atoms with Crippen molar-refractivity contribution in [2.45, 2.75) is 54.8 Å². The molecule has 130 valence electrons. The third-order valence-corrected chi connectivity index (χ3v) is 6.03. The van der Waals surface area contributed by atoms with Gasteiger partial charge >= 0.3 is 0 Å². The summed E-state index contributed by atoms with van der Waals surface area (Å²) in [6, 6.07) is 7.11. The highest BCUT2D eigenvalue weighted by Crippen LogP contribution is 2.29. The van der Waals surface area contributed by atoms with Crippen molar-refractivity contribution in [2.75, 3.05) is 13.1 Å². The Morgan fingerprint density at radius 2 is 2.04 bits per heavy atom. The van der Waals surface area contributed by atoms with Crippen LogP contribution in [0.25, 0.3) is 0 Å². The Morgan fingerprint density at radius 1 is 1.29 bits per heavy atom. The number of amides is 1. The molecular weight excluding hydrogens is 326 g/mol. The van der Waals surface area contributed by atoms with E-state index in [-0.39, 0.29) is 22.9 Å². The number of rotatable bonds is 5. The number of nitro benzene ring substituents is 1. The average molecular weight is 349 g/mol. The van der Waals surface area contributed by atoms with Gasteiger partial charge in [0.05, 0.1) is 10.2 Å². The molecule has 2 fully saturated rings. The van der Waals surface area contributed by atoms with Crippen LogP contribution in [0.5, 0.6) is 0 Å². The molecule has 2 heterocycles. The van der Waals surface area contributed by atoms with Crippen molar-refractivity contribution in [1.29, 1.82) is 0 Å². The van der Waals surface area contributed by atoms with Gasteiger partial charge < -0.3 is 5.32 Å². The lowest BCUT2D eigenvalue weighted by molar-refractivity contribution is -0.384. The van der Waals surface area contributed by atoms with E-state index >= 15 is 0 Å². The molecule has 2 saturated heterocycles. The standard InChI is InChI=1S/C17H23N3O3S/c1-12(24-14-7-5-13(6-8-14)20(22)23)17(21)18-15-9-11-19-10-3-2-4-16(15)19/h5-8,12,15-16H,2-4,9-11H2,1H3,(H,18,21)/t12-,15+,16-/m0/s1. The molecule has 6 nitrogen and oxygen atoms in total. The summed E-state index contributed by atoms with van der Waals surface area (Å²) < 4.78 is 0. The Labute approximate surface area is 146 Å². The molecule has 24 heavy (non-hydrogen) atoms. The molecule has 2 aliphatic rings. The zero-order chi connectivity index (χ0) is 17.1. The van der Waals surface area contributed by atoms with E-state index in [1.807, 2.05) is 6.92 Å². The van der Waals surface area contributed by atoms with E-state index in [0.29, 0.717) is 6.04 Å². The highest BCUT2D eigenvalue weighted by Gasteiger charge is 2.36. The van der Waals surface area contributed by atoms with Crippen molar-refractivity contribution in [1.82, 2.24) is 10.2 Å². The van der Waals surface area contributed by atoms with Gasteiger partial charge in [-0.25, -0.2) is 0 Å². The number of hydrogen-bond acceptors (Lipinski definition) is 5. The zero-order valence-corrected chi connectivity index (χ0v) is 14.6. The summed E-state index contributed by atoms with van der Waals surface area (Å²) in [5.41, 5.74) is 0.0693. The number of piperidine rings is 1. The third-order valence-electron chi connectivity index (χ3n) is 4.91. The maximum absolute atomic E-state index is 12.5. The maximum atomic E-state index is 12.5. The molecule has 0 aliphatic carbocycles. The monoisotopic (exact) mass is 349 g/mol. The van der Waals surface area contributed by atoms with Crippen LogP contribution in [0.15, 0.2) is 29.2 Å². The second-order valence-corrected chi connectivity index (χ2v) is 7.93. The van der Waals surface area contributed by atoms with Crippen molar-refractivity contribution in [3.05, 3.63) is 34.4 Å². The van der Waals surface area contributed by atoms with Crippen molar-refractivity contribution in [2.24, 2.45) is 0 Å². The van der Waals surface area contributed by atoms with Gasteiger partial charge in [0.1, 0.15) is 0 Å². The highest BCUT2D eigenvalue weighted by atomic mass is 32.2. The minimum absolute atomic E-state index is 0.0516. The first-order valence-electron chi connectivity index (χ1n) is 8.50. The molecule has 0 spiro atoms. The molecule has 0 saturated carbocycles. The normalized spacial score (nSPS) is 25.0. The molecule has 0 unspecified atom stereocenters. The fraction of sp³-hybridized carbons (Fsp3) is 0.588. The summed E-state index contributed by atoms with van der Waals surface area (Å²) in [5, 5.41) is 13.7. The van der Waals surface area contributed by atoms with Gasteiger partial charge in [-0.15, -0.1) is 11.8 Å². The van der Waals surface area contributed by atoms with Crippen molar-refractivity contribution in [3.63, 3.8) is 0 Å². The summed E-state index contributed by atoms with van der Waals surface area (Å²) >= 11 is 1.44. The Morgan fingerprint density at radius 3 is 2.75 bits per heavy atom. The van der Waals surface area contributed by atoms with Gasteiger partial charge in [-0.2, -0.15) is 0 Å². The lowest BCUT2D eigenvalue weighted by Gasteiger charge is -2.32. The first kappa shape index (κ1) is 17.2. The molecule has 7 heteroatoms. The maximum Gasteiger partial charge on any atom is 0.269 e. The van der Waals surface area contributed by atoms with Crippen LogP contribution in [0.1, 0.15) is 32.6 Å². The van der Waals surface area contributed by atoms with E-state index in [1.165, 1.54) is 43.2 Å². The van der Waals surface area contributed by atoms with E-state index in [4.69, 9.17) is 0 Å². The molecule has 3 rings (SSSR count). The van der Waals surface area contributed by atoms with E-state index in [2.05, 4.69) is 10.2 Å². The molecular formula is C17H23N3O3S. The summed E-state index contributed by atoms with van der Waals surface area (Å²) in [4.78, 5) is 26.1. The summed E-state index contributed by atoms with van der Waals surface area (Å²) in [6.07, 6.45) is 4.73. The van der Waals surface area contributed by atoms with Crippen LogP contribution < -0.4 is 5.32 Å². The van der Waals surface area contributed by atoms with Gasteiger partial charge in [0.15, 0.2) is 0 Å². The lowest BCUT2D eigenvalue weighted by Crippen LogP contribution is -2.48. The number of carbonyl (C=O) groups excluding carboxylic acids is 1. The largest absolute Gasteiger partial charge is 0.351 e. The SMILES string of the molecule is C[C@H](Sc1ccc([N+](=O)[O-])cc1)C(=O)N[C@@H]1CCN2CCCC[C@@H]12. The molecule has 2 aliphatic heterocycles. The fourth-order valence-corrected chi connectivity index (χ4v) is 4.50. The molecule has 0 aromatic heterocycles. The Bertz CT molecular complexity index is 608. The average Bonchev–Trinajstić information content (AvgIpc) is 2.98. The van der Waals surface area contributed by atoms with Gasteiger partial charge in [0.25, 0.3) is 5.69 Å². The van der Waals surface area contributed by atoms with Crippen LogP contribution >= 0.6 is 11.8 Å². The summed E-state index contributed by atoms with van der Waals surface area (Å²) in [6.45, 7) is 4.12. The van der Waals surface area contributed by atoms with E-state index in [0.717, 1.165) is 24.4 Å². The van der Waals surface area contributed by atoms with Crippen LogP contribution in [0, 0.1) is 10.1 Å². The number of carbonyl (C=O) groups is 1. The number of hydrogen-bond donors (Lipinski definition) is 1. The lowest BCUT2D eigenvalue weighted by atomic mass is 9.99. The van der Waals surface area contributed by atoms with Gasteiger partial charge in [0, 0.05) is 35.7 Å². The number of benzene rings is 1. The van der Waals surface area contributed by atoms with E-state index in [9.17, 15) is 14.9 Å².